The molecule has 1 aromatic rings. The third kappa shape index (κ3) is 5.16. The number of nitrogens with one attached hydrogen (secondary N) is 1. The first kappa shape index (κ1) is 16.4. The molecule has 1 aromatic heterocycles. The summed E-state index contributed by atoms with van der Waals surface area (Å²) >= 11 is 1.52. The van der Waals surface area contributed by atoms with Crippen LogP contribution in [0.5, 0.6) is 0 Å². The molecule has 7 heteroatoms. The standard InChI is InChI=1S/C13H21N3O3S/c1-8(2)5-11(12(17)18)15-13(19)16(4)6-10-7-20-9(3)14-10/h7-8,11H,5-6H2,1-4H3,(H,15,19)(H,17,18)/t11-/m0/s1. The summed E-state index contributed by atoms with van der Waals surface area (Å²) in [6, 6.07) is -1.26. The molecule has 2 N–H and O–H groups in total. The number of carboxylic acid groups (broad SMARTS) is 1. The van der Waals surface area contributed by atoms with Crippen LogP contribution in [-0.2, 0) is 11.3 Å². The lowest BCUT2D eigenvalue weighted by Crippen LogP contribution is -2.47. The van der Waals surface area contributed by atoms with E-state index >= 15 is 0 Å². The highest BCUT2D eigenvalue weighted by molar-refractivity contribution is 7.09. The molecule has 2 amide bonds. The lowest BCUT2D eigenvalue weighted by molar-refractivity contribution is -0.139. The maximum Gasteiger partial charge on any atom is 0.326 e. The number of carbonyl (C=O) groups is 2. The lowest BCUT2D eigenvalue weighted by atomic mass is 10.0. The van der Waals surface area contributed by atoms with E-state index in [1.165, 1.54) is 16.2 Å². The Bertz CT molecular complexity index is 473. The number of nitrogens with zero attached hydrogens (tertiary/aromatic N) is 2. The molecule has 6 nitrogen and oxygen atoms in total. The highest BCUT2D eigenvalue weighted by Gasteiger charge is 2.22. The van der Waals surface area contributed by atoms with Gasteiger partial charge in [0.05, 0.1) is 17.2 Å². The van der Waals surface area contributed by atoms with Gasteiger partial charge in [-0.25, -0.2) is 14.6 Å². The largest absolute Gasteiger partial charge is 0.480 e. The van der Waals surface area contributed by atoms with Gasteiger partial charge >= 0.3 is 12.0 Å². The summed E-state index contributed by atoms with van der Waals surface area (Å²) < 4.78 is 0. The average Bonchev–Trinajstić information content (AvgIpc) is 2.72. The monoisotopic (exact) mass is 299 g/mol. The number of aromatic nitrogens is 1. The van der Waals surface area contributed by atoms with Crippen molar-refractivity contribution in [2.75, 3.05) is 7.05 Å². The quantitative estimate of drug-likeness (QED) is 0.842. The van der Waals surface area contributed by atoms with E-state index in [0.29, 0.717) is 13.0 Å². The molecule has 1 rings (SSSR count). The summed E-state index contributed by atoms with van der Waals surface area (Å²) in [5, 5.41) is 14.5. The van der Waals surface area contributed by atoms with Gasteiger partial charge in [-0.05, 0) is 19.3 Å². The second kappa shape index (κ2) is 7.23. The van der Waals surface area contributed by atoms with E-state index in [0.717, 1.165) is 10.7 Å². The molecule has 0 unspecified atom stereocenters. The summed E-state index contributed by atoms with van der Waals surface area (Å²) in [7, 11) is 1.62. The van der Waals surface area contributed by atoms with E-state index in [1.807, 2.05) is 26.2 Å². The Morgan fingerprint density at radius 1 is 1.50 bits per heavy atom. The van der Waals surface area contributed by atoms with Crippen molar-refractivity contribution < 1.29 is 14.7 Å². The van der Waals surface area contributed by atoms with Crippen LogP contribution in [0.25, 0.3) is 0 Å². The molecule has 0 aliphatic rings. The fourth-order valence-corrected chi connectivity index (χ4v) is 2.35. The highest BCUT2D eigenvalue weighted by atomic mass is 32.1. The van der Waals surface area contributed by atoms with Gasteiger partial charge in [0.2, 0.25) is 0 Å². The molecule has 20 heavy (non-hydrogen) atoms. The molecule has 0 radical (unpaired) electrons. The molecule has 1 atom stereocenters. The van der Waals surface area contributed by atoms with Gasteiger partial charge in [0, 0.05) is 12.4 Å². The summed E-state index contributed by atoms with van der Waals surface area (Å²) in [6.45, 7) is 6.11. The normalized spacial score (nSPS) is 12.2. The van der Waals surface area contributed by atoms with Crippen LogP contribution in [-0.4, -0.2) is 40.1 Å². The summed E-state index contributed by atoms with van der Waals surface area (Å²) in [5.74, 6) is -0.812. The van der Waals surface area contributed by atoms with E-state index < -0.39 is 18.0 Å². The number of hydrogen-bond donors (Lipinski definition) is 2. The number of carbonyl (C=O) groups excluding carboxylic acids is 1. The van der Waals surface area contributed by atoms with Gasteiger partial charge in [-0.15, -0.1) is 11.3 Å². The van der Waals surface area contributed by atoms with Gasteiger partial charge < -0.3 is 15.3 Å². The van der Waals surface area contributed by atoms with E-state index in [2.05, 4.69) is 10.3 Å². The van der Waals surface area contributed by atoms with Crippen molar-refractivity contribution in [3.05, 3.63) is 16.1 Å². The SMILES string of the molecule is Cc1nc(CN(C)C(=O)N[C@@H](CC(C)C)C(=O)O)cs1. The highest BCUT2D eigenvalue weighted by Crippen LogP contribution is 2.10. The van der Waals surface area contributed by atoms with Crippen LogP contribution in [0.1, 0.15) is 31.0 Å². The van der Waals surface area contributed by atoms with Crippen LogP contribution in [0.3, 0.4) is 0 Å². The van der Waals surface area contributed by atoms with E-state index in [4.69, 9.17) is 5.11 Å². The minimum atomic E-state index is -1.01. The van der Waals surface area contributed by atoms with Crippen molar-refractivity contribution in [1.82, 2.24) is 15.2 Å². The van der Waals surface area contributed by atoms with E-state index in [-0.39, 0.29) is 5.92 Å². The molecule has 0 saturated heterocycles. The second-order valence-corrected chi connectivity index (χ2v) is 6.25. The van der Waals surface area contributed by atoms with Gasteiger partial charge in [0.25, 0.3) is 0 Å². The molecule has 0 bridgehead atoms. The molecule has 0 aromatic carbocycles. The maximum atomic E-state index is 12.0. The Hall–Kier alpha value is -1.63. The zero-order chi connectivity index (χ0) is 15.3. The average molecular weight is 299 g/mol. The van der Waals surface area contributed by atoms with Gasteiger partial charge in [-0.3, -0.25) is 0 Å². The van der Waals surface area contributed by atoms with Gasteiger partial charge in [-0.1, -0.05) is 13.8 Å². The first-order chi connectivity index (χ1) is 9.29. The molecular formula is C13H21N3O3S. The third-order valence-electron chi connectivity index (χ3n) is 2.72. The third-order valence-corrected chi connectivity index (χ3v) is 3.54. The molecule has 0 fully saturated rings. The first-order valence-electron chi connectivity index (χ1n) is 6.45. The zero-order valence-electron chi connectivity index (χ0n) is 12.2. The molecule has 112 valence electrons. The summed E-state index contributed by atoms with van der Waals surface area (Å²) in [5.41, 5.74) is 0.806. The summed E-state index contributed by atoms with van der Waals surface area (Å²) in [6.07, 6.45) is 0.407. The van der Waals surface area contributed by atoms with Crippen molar-refractivity contribution >= 4 is 23.3 Å². The number of carboxylic acids is 1. The number of urea groups is 1. The minimum Gasteiger partial charge on any atom is -0.480 e. The van der Waals surface area contributed by atoms with Crippen molar-refractivity contribution in [2.24, 2.45) is 5.92 Å². The molecular weight excluding hydrogens is 278 g/mol. The van der Waals surface area contributed by atoms with Crippen molar-refractivity contribution in [3.63, 3.8) is 0 Å². The zero-order valence-corrected chi connectivity index (χ0v) is 13.0. The smallest absolute Gasteiger partial charge is 0.326 e. The van der Waals surface area contributed by atoms with Crippen LogP contribution < -0.4 is 5.32 Å². The van der Waals surface area contributed by atoms with E-state index in [1.54, 1.807) is 7.05 Å². The maximum absolute atomic E-state index is 12.0. The topological polar surface area (TPSA) is 82.5 Å². The number of hydrogen-bond acceptors (Lipinski definition) is 4. The van der Waals surface area contributed by atoms with Crippen molar-refractivity contribution in [1.29, 1.82) is 0 Å². The Labute approximate surface area is 122 Å². The number of thiazole rings is 1. The number of aliphatic carboxylic acids is 1. The van der Waals surface area contributed by atoms with E-state index in [9.17, 15) is 9.59 Å². The van der Waals surface area contributed by atoms with Gasteiger partial charge in [0.1, 0.15) is 6.04 Å². The van der Waals surface area contributed by atoms with Gasteiger partial charge in [-0.2, -0.15) is 0 Å². The predicted molar refractivity (Wildman–Crippen MR) is 77.7 cm³/mol. The summed E-state index contributed by atoms with van der Waals surface area (Å²) in [4.78, 5) is 28.8. The Morgan fingerprint density at radius 3 is 2.60 bits per heavy atom. The molecule has 1 heterocycles. The molecule has 0 saturated carbocycles. The minimum absolute atomic E-state index is 0.197. The van der Waals surface area contributed by atoms with Crippen molar-refractivity contribution in [2.45, 2.75) is 39.8 Å². The Kier molecular flexibility index (Phi) is 5.94. The van der Waals surface area contributed by atoms with Crippen LogP contribution in [0.2, 0.25) is 0 Å². The number of rotatable bonds is 6. The Morgan fingerprint density at radius 2 is 2.15 bits per heavy atom. The first-order valence-corrected chi connectivity index (χ1v) is 7.33. The van der Waals surface area contributed by atoms with Gasteiger partial charge in [0.15, 0.2) is 0 Å². The van der Waals surface area contributed by atoms with Crippen LogP contribution >= 0.6 is 11.3 Å². The fraction of sp³-hybridized carbons (Fsp3) is 0.615. The number of aryl methyl sites for hydroxylation is 1. The molecule has 0 aliphatic carbocycles. The molecule has 0 aliphatic heterocycles. The van der Waals surface area contributed by atoms with Crippen molar-refractivity contribution in [3.8, 4) is 0 Å². The fourth-order valence-electron chi connectivity index (χ4n) is 1.75. The molecule has 0 spiro atoms. The van der Waals surface area contributed by atoms with Crippen LogP contribution in [0, 0.1) is 12.8 Å². The second-order valence-electron chi connectivity index (χ2n) is 5.18. The van der Waals surface area contributed by atoms with Crippen LogP contribution in [0.15, 0.2) is 5.38 Å². The predicted octanol–water partition coefficient (Wildman–Crippen LogP) is 2.09. The Balaban J connectivity index is 2.57. The van der Waals surface area contributed by atoms with Crippen LogP contribution in [0.4, 0.5) is 4.79 Å². The lowest BCUT2D eigenvalue weighted by Gasteiger charge is -2.21. The number of amides is 2.